The lowest BCUT2D eigenvalue weighted by molar-refractivity contribution is -0.141. The molecule has 1 aromatic heterocycles. The summed E-state index contributed by atoms with van der Waals surface area (Å²) in [6, 6.07) is 8.51. The van der Waals surface area contributed by atoms with Gasteiger partial charge in [0, 0.05) is 31.9 Å². The van der Waals surface area contributed by atoms with Gasteiger partial charge in [0.25, 0.3) is 5.91 Å². The quantitative estimate of drug-likeness (QED) is 0.0521. The molecule has 5 atom stereocenters. The summed E-state index contributed by atoms with van der Waals surface area (Å²) in [6.45, 7) is 4.34. The monoisotopic (exact) mass is 825 g/mol. The van der Waals surface area contributed by atoms with Crippen LogP contribution in [0.15, 0.2) is 66.0 Å². The van der Waals surface area contributed by atoms with Gasteiger partial charge in [0.05, 0.1) is 6.20 Å². The van der Waals surface area contributed by atoms with E-state index in [9.17, 15) is 28.8 Å². The van der Waals surface area contributed by atoms with Crippen LogP contribution < -0.4 is 38.5 Å². The molecule has 2 heterocycles. The molecule has 1 aliphatic heterocycles. The molecule has 0 spiro atoms. The Morgan fingerprint density at radius 2 is 1.52 bits per heavy atom. The summed E-state index contributed by atoms with van der Waals surface area (Å²) in [6.07, 6.45) is 9.94. The van der Waals surface area contributed by atoms with Crippen LogP contribution in [-0.4, -0.2) is 99.6 Å². The van der Waals surface area contributed by atoms with Gasteiger partial charge in [-0.15, -0.1) is 0 Å². The third kappa shape index (κ3) is 12.7. The molecule has 17 heteroatoms. The van der Waals surface area contributed by atoms with Crippen molar-refractivity contribution in [2.45, 2.75) is 115 Å². The van der Waals surface area contributed by atoms with Crippen molar-refractivity contribution >= 4 is 52.2 Å². The Labute approximate surface area is 350 Å². The molecule has 10 N–H and O–H groups in total. The number of hydrogen-bond donors (Lipinski definition) is 7. The van der Waals surface area contributed by atoms with Crippen molar-refractivity contribution in [3.63, 3.8) is 0 Å². The largest absolute Gasteiger partial charge is 0.370 e. The molecule has 2 aromatic carbocycles. The number of hydrogen-bond acceptors (Lipinski definition) is 9. The Bertz CT molecular complexity index is 2000. The third-order valence-electron chi connectivity index (χ3n) is 11.1. The minimum atomic E-state index is -1.15. The van der Waals surface area contributed by atoms with E-state index < -0.39 is 65.7 Å². The van der Waals surface area contributed by atoms with Gasteiger partial charge >= 0.3 is 0 Å². The summed E-state index contributed by atoms with van der Waals surface area (Å²) in [5.41, 5.74) is 17.5. The maximum Gasteiger partial charge on any atom is 0.272 e. The summed E-state index contributed by atoms with van der Waals surface area (Å²) in [5.74, 6) is -3.81. The topological polar surface area (TPSA) is 270 Å². The first-order valence-electron chi connectivity index (χ1n) is 20.9. The summed E-state index contributed by atoms with van der Waals surface area (Å²) in [4.78, 5) is 96.1. The predicted molar refractivity (Wildman–Crippen MR) is 227 cm³/mol. The number of nitrogens with two attached hydrogens (primary N) is 3. The molecule has 1 aliphatic carbocycles. The number of guanidine groups is 1. The Kier molecular flexibility index (Phi) is 16.3. The minimum absolute atomic E-state index is 0.00772. The second kappa shape index (κ2) is 21.8. The molecule has 322 valence electrons. The van der Waals surface area contributed by atoms with Crippen LogP contribution in [-0.2, 0) is 30.4 Å². The van der Waals surface area contributed by atoms with Gasteiger partial charge in [-0.1, -0.05) is 75.6 Å². The number of likely N-dealkylation sites (tertiary alicyclic amines) is 1. The summed E-state index contributed by atoms with van der Waals surface area (Å²) < 4.78 is 0. The Balaban J connectivity index is 1.40. The second-order valence-corrected chi connectivity index (χ2v) is 16.2. The van der Waals surface area contributed by atoms with Crippen molar-refractivity contribution in [3.8, 4) is 0 Å². The van der Waals surface area contributed by atoms with E-state index in [1.807, 2.05) is 56.3 Å². The fourth-order valence-electron chi connectivity index (χ4n) is 8.10. The molecule has 0 radical (unpaired) electrons. The minimum Gasteiger partial charge on any atom is -0.370 e. The molecule has 3 aromatic rings. The average Bonchev–Trinajstić information content (AvgIpc) is 3.74. The number of benzene rings is 2. The van der Waals surface area contributed by atoms with E-state index >= 15 is 0 Å². The first-order valence-corrected chi connectivity index (χ1v) is 20.9. The number of rotatable bonds is 19. The summed E-state index contributed by atoms with van der Waals surface area (Å²) >= 11 is 0. The molecule has 60 heavy (non-hydrogen) atoms. The van der Waals surface area contributed by atoms with E-state index in [-0.39, 0.29) is 49.3 Å². The fourth-order valence-corrected chi connectivity index (χ4v) is 8.10. The maximum absolute atomic E-state index is 14.5. The zero-order valence-electron chi connectivity index (χ0n) is 34.5. The van der Waals surface area contributed by atoms with Crippen molar-refractivity contribution in [1.29, 1.82) is 0 Å². The number of nitrogens with one attached hydrogen (secondary N) is 4. The molecule has 6 amide bonds. The standard InChI is InChI=1S/C43H59N11O6/c1-26(2)22-33(42(60)54-21-9-15-35(54)37(44)55)52-38(56)31(14-8-18-49-43(45)46)50-41(59)36(29-11-4-3-5-12-29)53-39(57)32(51-40(58)34-25-47-19-20-48-34)24-27-16-17-28-10-6-7-13-30(28)23-27/h6-7,10,13,16-17,19-20,23,25-26,29,31-33,35-36H,3-5,8-9,11-12,14-15,18,21-22,24H2,1-2H3,(H2,44,55)(H,50,59)(H,51,58)(H,52,56)(H,53,57)(H4,45,46,49)/t31-,32-,33-,35-,36-/m0/s1. The van der Waals surface area contributed by atoms with E-state index in [1.165, 1.54) is 23.5 Å². The van der Waals surface area contributed by atoms with Gasteiger partial charge in [-0.2, -0.15) is 0 Å². The van der Waals surface area contributed by atoms with Gasteiger partial charge in [-0.25, -0.2) is 4.98 Å². The number of amides is 6. The van der Waals surface area contributed by atoms with E-state index in [1.54, 1.807) is 0 Å². The van der Waals surface area contributed by atoms with Gasteiger partial charge < -0.3 is 43.4 Å². The van der Waals surface area contributed by atoms with Gasteiger partial charge in [0.15, 0.2) is 5.96 Å². The van der Waals surface area contributed by atoms with Crippen molar-refractivity contribution < 1.29 is 28.8 Å². The Hall–Kier alpha value is -6.13. The van der Waals surface area contributed by atoms with E-state index in [0.717, 1.165) is 35.6 Å². The normalized spacial score (nSPS) is 17.5. The molecule has 1 saturated heterocycles. The highest BCUT2D eigenvalue weighted by Gasteiger charge is 2.39. The number of primary amides is 1. The van der Waals surface area contributed by atoms with Crippen LogP contribution in [0.4, 0.5) is 0 Å². The lowest BCUT2D eigenvalue weighted by Gasteiger charge is -2.33. The summed E-state index contributed by atoms with van der Waals surface area (Å²) in [5, 5.41) is 13.5. The molecule has 2 aliphatic rings. The highest BCUT2D eigenvalue weighted by molar-refractivity contribution is 5.98. The van der Waals surface area contributed by atoms with Crippen LogP contribution in [0, 0.1) is 11.8 Å². The van der Waals surface area contributed by atoms with Crippen molar-refractivity contribution in [2.75, 3.05) is 13.1 Å². The number of fused-ring (bicyclic) bond motifs is 1. The number of carbonyl (C=O) groups excluding carboxylic acids is 6. The van der Waals surface area contributed by atoms with Crippen LogP contribution >= 0.6 is 0 Å². The SMILES string of the molecule is CC(C)C[C@H](NC(=O)[C@H](CCCN=C(N)N)NC(=O)[C@@H](NC(=O)[C@H](Cc1ccc2ccccc2c1)NC(=O)c1cnccn1)C1CCCCC1)C(=O)N1CCC[C@H]1C(N)=O. The number of aromatic nitrogens is 2. The maximum atomic E-state index is 14.5. The predicted octanol–water partition coefficient (Wildman–Crippen LogP) is 1.58. The molecule has 5 rings (SSSR count). The lowest BCUT2D eigenvalue weighted by Crippen LogP contribution is -2.60. The lowest BCUT2D eigenvalue weighted by atomic mass is 9.83. The fraction of sp³-hybridized carbons (Fsp3) is 0.512. The van der Waals surface area contributed by atoms with Crippen LogP contribution in [0.25, 0.3) is 10.8 Å². The van der Waals surface area contributed by atoms with Crippen LogP contribution in [0.3, 0.4) is 0 Å². The van der Waals surface area contributed by atoms with Gasteiger partial charge in [-0.3, -0.25) is 38.7 Å². The highest BCUT2D eigenvalue weighted by atomic mass is 16.2. The number of nitrogens with zero attached hydrogens (tertiary/aromatic N) is 4. The van der Waals surface area contributed by atoms with Crippen molar-refractivity contribution in [1.82, 2.24) is 36.1 Å². The Morgan fingerprint density at radius 3 is 2.20 bits per heavy atom. The van der Waals surface area contributed by atoms with E-state index in [4.69, 9.17) is 17.2 Å². The number of aliphatic imine (C=N–C) groups is 1. The van der Waals surface area contributed by atoms with Crippen LogP contribution in [0.1, 0.15) is 94.1 Å². The van der Waals surface area contributed by atoms with Gasteiger partial charge in [0.1, 0.15) is 35.9 Å². The first-order chi connectivity index (χ1) is 28.8. The van der Waals surface area contributed by atoms with Crippen molar-refractivity contribution in [2.24, 2.45) is 34.0 Å². The molecular weight excluding hydrogens is 767 g/mol. The molecule has 2 fully saturated rings. The van der Waals surface area contributed by atoms with Crippen LogP contribution in [0.2, 0.25) is 0 Å². The highest BCUT2D eigenvalue weighted by Crippen LogP contribution is 2.27. The Morgan fingerprint density at radius 1 is 0.800 bits per heavy atom. The second-order valence-electron chi connectivity index (χ2n) is 16.2. The van der Waals surface area contributed by atoms with E-state index in [0.29, 0.717) is 38.6 Å². The first kappa shape index (κ1) is 45.0. The molecule has 0 unspecified atom stereocenters. The van der Waals surface area contributed by atoms with E-state index in [2.05, 4.69) is 36.2 Å². The number of carbonyl (C=O) groups is 6. The third-order valence-corrected chi connectivity index (χ3v) is 11.1. The van der Waals surface area contributed by atoms with Gasteiger partial charge in [-0.05, 0) is 73.1 Å². The molecular formula is C43H59N11O6. The molecule has 1 saturated carbocycles. The average molecular weight is 826 g/mol. The molecule has 0 bridgehead atoms. The zero-order valence-corrected chi connectivity index (χ0v) is 34.5. The van der Waals surface area contributed by atoms with Crippen molar-refractivity contribution in [3.05, 3.63) is 72.3 Å². The van der Waals surface area contributed by atoms with Gasteiger partial charge in [0.2, 0.25) is 29.5 Å². The smallest absolute Gasteiger partial charge is 0.272 e. The molecule has 17 nitrogen and oxygen atoms in total. The zero-order chi connectivity index (χ0) is 43.2. The summed E-state index contributed by atoms with van der Waals surface area (Å²) in [7, 11) is 0. The van der Waals surface area contributed by atoms with Crippen LogP contribution in [0.5, 0.6) is 0 Å².